The lowest BCUT2D eigenvalue weighted by Crippen LogP contribution is -2.38. The van der Waals surface area contributed by atoms with Crippen molar-refractivity contribution in [3.05, 3.63) is 39.4 Å². The minimum atomic E-state index is -1.71. The number of hydrogen-bond donors (Lipinski definition) is 1. The highest BCUT2D eigenvalue weighted by Crippen LogP contribution is 2.50. The number of rotatable bonds is 9. The van der Waals surface area contributed by atoms with Gasteiger partial charge in [0.1, 0.15) is 12.7 Å². The highest BCUT2D eigenvalue weighted by Gasteiger charge is 2.48. The third kappa shape index (κ3) is 7.01. The summed E-state index contributed by atoms with van der Waals surface area (Å²) >= 11 is 0. The number of hydrogen-bond acceptors (Lipinski definition) is 7. The molecule has 182 valence electrons. The summed E-state index contributed by atoms with van der Waals surface area (Å²) in [6.07, 6.45) is -3.35. The predicted octanol–water partition coefficient (Wildman–Crippen LogP) is 3.39. The van der Waals surface area contributed by atoms with Crippen LogP contribution in [-0.2, 0) is 13.8 Å². The molecule has 1 fully saturated rings. The van der Waals surface area contributed by atoms with Gasteiger partial charge in [-0.05, 0) is 54.0 Å². The SMILES string of the molecule is [2H]C[C@H]1O[C@@H](n2cc(C)c(C)nc2=O)C(F)[C@H]1OP(OCC[N+]#[C-])N(C(C)C)C(C)C.[3H]OC. The Morgan fingerprint density at radius 2 is 2.12 bits per heavy atom. The van der Waals surface area contributed by atoms with E-state index in [9.17, 15) is 4.79 Å². The molecule has 0 aromatic carbocycles. The Hall–Kier alpha value is -1.47. The average Bonchev–Trinajstić information content (AvgIpc) is 3.06. The van der Waals surface area contributed by atoms with Gasteiger partial charge in [0.2, 0.25) is 7.98 Å². The van der Waals surface area contributed by atoms with Crippen molar-refractivity contribution in [2.45, 2.75) is 85.1 Å². The summed E-state index contributed by atoms with van der Waals surface area (Å²) in [6.45, 7) is 18.5. The van der Waals surface area contributed by atoms with Crippen LogP contribution in [0.15, 0.2) is 11.0 Å². The molecule has 0 bridgehead atoms. The molecule has 11 heteroatoms. The first kappa shape index (κ1) is 25.2. The second-order valence-electron chi connectivity index (χ2n) is 7.80. The molecule has 1 aromatic rings. The third-order valence-electron chi connectivity index (χ3n) is 4.79. The second kappa shape index (κ2) is 13.3. The van der Waals surface area contributed by atoms with Crippen molar-refractivity contribution in [2.75, 3.05) is 20.3 Å². The molecular formula is C21H36FN4O5P. The van der Waals surface area contributed by atoms with Gasteiger partial charge in [-0.15, -0.1) is 0 Å². The molecule has 2 unspecified atom stereocenters. The average molecular weight is 478 g/mol. The second-order valence-corrected chi connectivity index (χ2v) is 9.21. The van der Waals surface area contributed by atoms with E-state index < -0.39 is 38.8 Å². The lowest BCUT2D eigenvalue weighted by atomic mass is 10.1. The van der Waals surface area contributed by atoms with Crippen molar-refractivity contribution < 1.29 is 24.7 Å². The van der Waals surface area contributed by atoms with Crippen molar-refractivity contribution in [2.24, 2.45) is 0 Å². The van der Waals surface area contributed by atoms with Gasteiger partial charge in [0.15, 0.2) is 12.4 Å². The summed E-state index contributed by atoms with van der Waals surface area (Å²) in [6, 6.07) is 0.104. The molecule has 9 nitrogen and oxygen atoms in total. The number of nitrogens with zero attached hydrogens (tertiary/aromatic N) is 4. The maximum Gasteiger partial charge on any atom is 0.350 e. The molecule has 32 heavy (non-hydrogen) atoms. The number of aromatic nitrogens is 2. The molecule has 0 aliphatic carbocycles. The van der Waals surface area contributed by atoms with E-state index in [4.69, 9.17) is 23.2 Å². The number of ether oxygens (including phenoxy) is 1. The molecule has 1 N–H and O–H groups in total. The van der Waals surface area contributed by atoms with Crippen LogP contribution >= 0.6 is 8.53 Å². The summed E-state index contributed by atoms with van der Waals surface area (Å²) in [5, 5.41) is 3.50. The Labute approximate surface area is 194 Å². The number of aliphatic hydroxyl groups excluding tert-OH is 1. The van der Waals surface area contributed by atoms with Gasteiger partial charge in [-0.1, -0.05) is 0 Å². The molecule has 0 amide bonds. The Bertz CT molecular complexity index is 849. The number of alkyl halides is 1. The van der Waals surface area contributed by atoms with E-state index in [0.29, 0.717) is 5.69 Å². The standard InChI is InChI=1S/C20H32FN4O4P.CH4O/c1-12(2)25(13(3)4)30(27-10-9-22-8)29-18-16(7)28-19(17(18)21)24-11-14(5)15(6)23-20(24)26;1-2/h11-13,16-19H,9-10H2,1-7H3;2H,1H3/t16-,17?,18+,19-,30?;/m1./s1/i7D;2T. The van der Waals surface area contributed by atoms with E-state index >= 15 is 4.39 Å². The summed E-state index contributed by atoms with van der Waals surface area (Å²) in [7, 11) is -0.416. The van der Waals surface area contributed by atoms with Crippen LogP contribution in [-0.4, -0.2) is 71.5 Å². The molecule has 0 radical (unpaired) electrons. The van der Waals surface area contributed by atoms with Gasteiger partial charge in [-0.25, -0.2) is 20.4 Å². The van der Waals surface area contributed by atoms with E-state index in [1.54, 1.807) is 13.8 Å². The molecule has 1 aliphatic heterocycles. The quantitative estimate of drug-likeness (QED) is 0.331. The fourth-order valence-electron chi connectivity index (χ4n) is 3.27. The smallest absolute Gasteiger partial charge is 0.350 e. The Balaban J connectivity index is 0.00000182. The van der Waals surface area contributed by atoms with Crippen molar-refractivity contribution in [3.8, 4) is 0 Å². The normalized spacial score (nSPS) is 24.7. The summed E-state index contributed by atoms with van der Waals surface area (Å²) in [5.74, 6) is 0. The van der Waals surface area contributed by atoms with Crippen LogP contribution in [0.2, 0.25) is 0 Å². The summed E-state index contributed by atoms with van der Waals surface area (Å²) in [4.78, 5) is 19.6. The lowest BCUT2D eigenvalue weighted by Gasteiger charge is -2.37. The first-order valence-corrected chi connectivity index (χ1v) is 11.5. The third-order valence-corrected chi connectivity index (χ3v) is 6.92. The first-order chi connectivity index (χ1) is 16.0. The van der Waals surface area contributed by atoms with Crippen LogP contribution in [0.25, 0.3) is 4.85 Å². The molecule has 0 saturated carbocycles. The van der Waals surface area contributed by atoms with Gasteiger partial charge in [-0.2, -0.15) is 4.98 Å². The van der Waals surface area contributed by atoms with Gasteiger partial charge in [-0.3, -0.25) is 4.57 Å². The summed E-state index contributed by atoms with van der Waals surface area (Å²) in [5.41, 5.74) is 0.695. The van der Waals surface area contributed by atoms with Crippen LogP contribution in [0.3, 0.4) is 0 Å². The van der Waals surface area contributed by atoms with Gasteiger partial charge in [0.05, 0.1) is 6.10 Å². The number of halogens is 1. The van der Waals surface area contributed by atoms with E-state index in [-0.39, 0.29) is 32.1 Å². The molecule has 1 aliphatic rings. The molecule has 5 atom stereocenters. The van der Waals surface area contributed by atoms with Gasteiger partial charge >= 0.3 is 5.69 Å². The zero-order valence-electron chi connectivity index (χ0n) is 21.8. The Morgan fingerprint density at radius 3 is 2.66 bits per heavy atom. The van der Waals surface area contributed by atoms with Gasteiger partial charge in [0, 0.05) is 32.5 Å². The maximum atomic E-state index is 15.6. The highest BCUT2D eigenvalue weighted by atomic mass is 31.2. The highest BCUT2D eigenvalue weighted by molar-refractivity contribution is 7.44. The van der Waals surface area contributed by atoms with Crippen molar-refractivity contribution in [3.63, 3.8) is 0 Å². The Morgan fingerprint density at radius 1 is 1.50 bits per heavy atom. The Kier molecular flexibility index (Phi) is 10.4. The monoisotopic (exact) mass is 477 g/mol. The van der Waals surface area contributed by atoms with Crippen LogP contribution < -0.4 is 5.69 Å². The number of aryl methyl sites for hydroxylation is 2. The fourth-order valence-corrected chi connectivity index (χ4v) is 5.02. The van der Waals surface area contributed by atoms with Crippen molar-refractivity contribution in [1.29, 1.82) is 1.43 Å². The lowest BCUT2D eigenvalue weighted by molar-refractivity contribution is -0.0181. The van der Waals surface area contributed by atoms with Crippen molar-refractivity contribution >= 4 is 8.53 Å². The predicted molar refractivity (Wildman–Crippen MR) is 122 cm³/mol. The molecule has 1 aromatic heterocycles. The first-order valence-electron chi connectivity index (χ1n) is 11.5. The van der Waals surface area contributed by atoms with Crippen LogP contribution in [0.5, 0.6) is 0 Å². The topological polar surface area (TPSA) is 90.4 Å². The van der Waals surface area contributed by atoms with Gasteiger partial charge < -0.3 is 23.7 Å². The van der Waals surface area contributed by atoms with Crippen LogP contribution in [0.1, 0.15) is 53.5 Å². The molecule has 0 spiro atoms. The van der Waals surface area contributed by atoms with E-state index in [0.717, 1.165) is 10.1 Å². The van der Waals surface area contributed by atoms with E-state index in [1.807, 2.05) is 32.4 Å². The maximum absolute atomic E-state index is 15.6. The minimum Gasteiger partial charge on any atom is -0.400 e. The largest absolute Gasteiger partial charge is 0.400 e. The fraction of sp³-hybridized carbons (Fsp3) is 0.762. The molecular weight excluding hydrogens is 438 g/mol. The van der Waals surface area contributed by atoms with Crippen molar-refractivity contribution in [1.82, 2.24) is 14.2 Å². The molecule has 1 saturated heterocycles. The summed E-state index contributed by atoms with van der Waals surface area (Å²) < 4.78 is 49.9. The molecule has 2 heterocycles. The van der Waals surface area contributed by atoms with Gasteiger partial charge in [0.25, 0.3) is 8.53 Å². The van der Waals surface area contributed by atoms with Crippen LogP contribution in [0, 0.1) is 20.4 Å². The zero-order valence-corrected chi connectivity index (χ0v) is 20.7. The molecule has 2 rings (SSSR count). The van der Waals surface area contributed by atoms with E-state index in [2.05, 4.69) is 14.9 Å². The van der Waals surface area contributed by atoms with Crippen LogP contribution in [0.4, 0.5) is 4.39 Å². The zero-order chi connectivity index (χ0) is 26.0. The minimum absolute atomic E-state index is 0.0521. The number of aliphatic hydroxyl groups is 1. The van der Waals surface area contributed by atoms with E-state index in [1.165, 1.54) is 13.3 Å².